The zero-order chi connectivity index (χ0) is 13.3. The van der Waals surface area contributed by atoms with Crippen LogP contribution in [-0.4, -0.2) is 23.7 Å². The summed E-state index contributed by atoms with van der Waals surface area (Å²) in [6.45, 7) is 7.38. The topological polar surface area (TPSA) is 40.5 Å². The number of rotatable bonds is 3. The molecule has 1 fully saturated rings. The molecule has 1 N–H and O–H groups in total. The number of carboxylic acids is 1. The number of anilines is 1. The average Bonchev–Trinajstić information content (AvgIpc) is 2.77. The number of hydrogen-bond donors (Lipinski definition) is 1. The quantitative estimate of drug-likeness (QED) is 0.890. The predicted octanol–water partition coefficient (Wildman–Crippen LogP) is 3.32. The van der Waals surface area contributed by atoms with Crippen LogP contribution in [0.1, 0.15) is 42.6 Å². The fourth-order valence-corrected chi connectivity index (χ4v) is 2.98. The van der Waals surface area contributed by atoms with E-state index in [4.69, 9.17) is 0 Å². The minimum Gasteiger partial charge on any atom is -0.478 e. The van der Waals surface area contributed by atoms with Gasteiger partial charge in [-0.3, -0.25) is 0 Å². The summed E-state index contributed by atoms with van der Waals surface area (Å²) in [5.74, 6) is -0.281. The molecule has 1 saturated heterocycles. The Labute approximate surface area is 108 Å². The van der Waals surface area contributed by atoms with Crippen molar-refractivity contribution in [3.05, 3.63) is 29.3 Å². The summed E-state index contributed by atoms with van der Waals surface area (Å²) >= 11 is 0. The highest BCUT2D eigenvalue weighted by Crippen LogP contribution is 2.34. The van der Waals surface area contributed by atoms with Crippen molar-refractivity contribution < 1.29 is 9.90 Å². The minimum atomic E-state index is -0.830. The summed E-state index contributed by atoms with van der Waals surface area (Å²) in [6.07, 6.45) is 2.31. The first-order valence-electron chi connectivity index (χ1n) is 6.62. The van der Waals surface area contributed by atoms with E-state index in [0.29, 0.717) is 17.5 Å². The van der Waals surface area contributed by atoms with Crippen LogP contribution in [0.4, 0.5) is 5.69 Å². The zero-order valence-electron chi connectivity index (χ0n) is 11.3. The molecule has 2 rings (SSSR count). The average molecular weight is 247 g/mol. The Morgan fingerprint density at radius 3 is 2.78 bits per heavy atom. The van der Waals surface area contributed by atoms with Gasteiger partial charge in [-0.1, -0.05) is 26.0 Å². The summed E-state index contributed by atoms with van der Waals surface area (Å²) in [7, 11) is 0. The predicted molar refractivity (Wildman–Crippen MR) is 73.3 cm³/mol. The molecule has 1 aromatic rings. The summed E-state index contributed by atoms with van der Waals surface area (Å²) in [4.78, 5) is 13.7. The second-order valence-corrected chi connectivity index (χ2v) is 5.42. The molecule has 0 bridgehead atoms. The Kier molecular flexibility index (Phi) is 3.60. The third-order valence-electron chi connectivity index (χ3n) is 3.82. The molecule has 3 nitrogen and oxygen atoms in total. The van der Waals surface area contributed by atoms with Gasteiger partial charge in [0.15, 0.2) is 0 Å². The molecule has 1 unspecified atom stereocenters. The Balaban J connectivity index is 2.46. The van der Waals surface area contributed by atoms with Crippen LogP contribution in [-0.2, 0) is 0 Å². The molecule has 0 amide bonds. The molecule has 0 aromatic heterocycles. The first kappa shape index (κ1) is 12.9. The van der Waals surface area contributed by atoms with Crippen molar-refractivity contribution in [2.24, 2.45) is 5.92 Å². The Morgan fingerprint density at radius 2 is 2.17 bits per heavy atom. The van der Waals surface area contributed by atoms with E-state index in [2.05, 4.69) is 18.7 Å². The van der Waals surface area contributed by atoms with Crippen molar-refractivity contribution in [2.75, 3.05) is 11.4 Å². The normalized spacial score (nSPS) is 19.6. The smallest absolute Gasteiger partial charge is 0.337 e. The van der Waals surface area contributed by atoms with Crippen molar-refractivity contribution in [2.45, 2.75) is 39.7 Å². The van der Waals surface area contributed by atoms with Gasteiger partial charge < -0.3 is 10.0 Å². The van der Waals surface area contributed by atoms with Crippen LogP contribution in [0.15, 0.2) is 18.2 Å². The van der Waals surface area contributed by atoms with Gasteiger partial charge in [0.2, 0.25) is 0 Å². The fourth-order valence-electron chi connectivity index (χ4n) is 2.98. The SMILES string of the molecule is Cc1cccc(C(=O)O)c1N1CCCC1C(C)C. The second kappa shape index (κ2) is 5.01. The summed E-state index contributed by atoms with van der Waals surface area (Å²) in [6, 6.07) is 5.99. The fraction of sp³-hybridized carbons (Fsp3) is 0.533. The van der Waals surface area contributed by atoms with Crippen LogP contribution in [0.25, 0.3) is 0 Å². The third kappa shape index (κ3) is 2.22. The Morgan fingerprint density at radius 1 is 1.44 bits per heavy atom. The van der Waals surface area contributed by atoms with Gasteiger partial charge >= 0.3 is 5.97 Å². The van der Waals surface area contributed by atoms with Crippen LogP contribution in [0.3, 0.4) is 0 Å². The zero-order valence-corrected chi connectivity index (χ0v) is 11.3. The Hall–Kier alpha value is -1.51. The maximum absolute atomic E-state index is 11.4. The molecule has 1 atom stereocenters. The molecule has 3 heteroatoms. The molecular formula is C15H21NO2. The molecule has 1 aliphatic heterocycles. The van der Waals surface area contributed by atoms with Gasteiger partial charge in [0, 0.05) is 12.6 Å². The number of para-hydroxylation sites is 1. The first-order valence-corrected chi connectivity index (χ1v) is 6.62. The van der Waals surface area contributed by atoms with Gasteiger partial charge in [-0.25, -0.2) is 4.79 Å². The lowest BCUT2D eigenvalue weighted by atomic mass is 9.99. The standard InChI is InChI=1S/C15H21NO2/c1-10(2)13-8-5-9-16(13)14-11(3)6-4-7-12(14)15(17)18/h4,6-7,10,13H,5,8-9H2,1-3H3,(H,17,18). The van der Waals surface area contributed by atoms with Crippen LogP contribution < -0.4 is 4.90 Å². The van der Waals surface area contributed by atoms with Gasteiger partial charge in [0.1, 0.15) is 0 Å². The third-order valence-corrected chi connectivity index (χ3v) is 3.82. The molecule has 98 valence electrons. The highest BCUT2D eigenvalue weighted by Gasteiger charge is 2.30. The van der Waals surface area contributed by atoms with Gasteiger partial charge in [-0.15, -0.1) is 0 Å². The van der Waals surface area contributed by atoms with E-state index < -0.39 is 5.97 Å². The number of benzene rings is 1. The van der Waals surface area contributed by atoms with Crippen molar-refractivity contribution in [1.82, 2.24) is 0 Å². The van der Waals surface area contributed by atoms with Crippen molar-refractivity contribution in [3.63, 3.8) is 0 Å². The van der Waals surface area contributed by atoms with Gasteiger partial charge in [0.05, 0.1) is 11.3 Å². The van der Waals surface area contributed by atoms with Crippen LogP contribution in [0, 0.1) is 12.8 Å². The molecule has 0 aliphatic carbocycles. The van der Waals surface area contributed by atoms with Crippen molar-refractivity contribution in [3.8, 4) is 0 Å². The van der Waals surface area contributed by atoms with Gasteiger partial charge in [-0.05, 0) is 37.3 Å². The second-order valence-electron chi connectivity index (χ2n) is 5.42. The highest BCUT2D eigenvalue weighted by molar-refractivity contribution is 5.95. The highest BCUT2D eigenvalue weighted by atomic mass is 16.4. The first-order chi connectivity index (χ1) is 8.52. The molecule has 0 saturated carbocycles. The number of carbonyl (C=O) groups is 1. The van der Waals surface area contributed by atoms with E-state index in [1.807, 2.05) is 19.1 Å². The van der Waals surface area contributed by atoms with E-state index in [0.717, 1.165) is 30.6 Å². The lowest BCUT2D eigenvalue weighted by molar-refractivity contribution is 0.0697. The van der Waals surface area contributed by atoms with E-state index in [1.54, 1.807) is 6.07 Å². The van der Waals surface area contributed by atoms with Gasteiger partial charge in [-0.2, -0.15) is 0 Å². The van der Waals surface area contributed by atoms with Crippen LogP contribution in [0.2, 0.25) is 0 Å². The molecule has 18 heavy (non-hydrogen) atoms. The lowest BCUT2D eigenvalue weighted by Gasteiger charge is -2.32. The summed E-state index contributed by atoms with van der Waals surface area (Å²) in [5, 5.41) is 9.35. The van der Waals surface area contributed by atoms with E-state index in [9.17, 15) is 9.90 Å². The Bertz CT molecular complexity index is 454. The maximum atomic E-state index is 11.4. The minimum absolute atomic E-state index is 0.433. The van der Waals surface area contributed by atoms with Crippen molar-refractivity contribution >= 4 is 11.7 Å². The molecule has 0 spiro atoms. The molecule has 1 aliphatic rings. The van der Waals surface area contributed by atoms with Crippen molar-refractivity contribution in [1.29, 1.82) is 0 Å². The lowest BCUT2D eigenvalue weighted by Crippen LogP contribution is -2.35. The van der Waals surface area contributed by atoms with Crippen LogP contribution in [0.5, 0.6) is 0 Å². The number of aryl methyl sites for hydroxylation is 1. The number of nitrogens with zero attached hydrogens (tertiary/aromatic N) is 1. The monoisotopic (exact) mass is 247 g/mol. The van der Waals surface area contributed by atoms with E-state index in [1.165, 1.54) is 0 Å². The number of carboxylic acid groups (broad SMARTS) is 1. The maximum Gasteiger partial charge on any atom is 0.337 e. The van der Waals surface area contributed by atoms with Gasteiger partial charge in [0.25, 0.3) is 0 Å². The summed E-state index contributed by atoms with van der Waals surface area (Å²) < 4.78 is 0. The molecule has 1 aromatic carbocycles. The molecule has 1 heterocycles. The molecule has 0 radical (unpaired) electrons. The largest absolute Gasteiger partial charge is 0.478 e. The number of aromatic carboxylic acids is 1. The van der Waals surface area contributed by atoms with Crippen LogP contribution >= 0.6 is 0 Å². The molecular weight excluding hydrogens is 226 g/mol. The number of hydrogen-bond acceptors (Lipinski definition) is 2. The summed E-state index contributed by atoms with van der Waals surface area (Å²) in [5.41, 5.74) is 2.41. The van der Waals surface area contributed by atoms with E-state index in [-0.39, 0.29) is 0 Å². The van der Waals surface area contributed by atoms with E-state index >= 15 is 0 Å².